The standard InChI is InChI=1S/C20H32N6O2/c1-5-21-19(26-12-10-25(11-13-26)16(4)27)22-14-17-6-8-18(9-7-17)24-20(28)23-15(2)3/h6-9,15H,5,10-14H2,1-4H3,(H,21,22)(H2,23,24,28). The molecule has 0 radical (unpaired) electrons. The molecule has 0 unspecified atom stereocenters. The molecule has 0 saturated carbocycles. The Morgan fingerprint density at radius 1 is 1.07 bits per heavy atom. The van der Waals surface area contributed by atoms with Crippen molar-refractivity contribution >= 4 is 23.6 Å². The van der Waals surface area contributed by atoms with Crippen LogP contribution < -0.4 is 16.0 Å². The highest BCUT2D eigenvalue weighted by molar-refractivity contribution is 5.89. The molecule has 154 valence electrons. The summed E-state index contributed by atoms with van der Waals surface area (Å²) in [6, 6.07) is 7.57. The van der Waals surface area contributed by atoms with Gasteiger partial charge in [-0.2, -0.15) is 0 Å². The highest BCUT2D eigenvalue weighted by Gasteiger charge is 2.20. The van der Waals surface area contributed by atoms with Crippen LogP contribution in [-0.4, -0.2) is 66.5 Å². The molecule has 1 aromatic rings. The molecule has 28 heavy (non-hydrogen) atoms. The fraction of sp³-hybridized carbons (Fsp3) is 0.550. The lowest BCUT2D eigenvalue weighted by Gasteiger charge is -2.36. The zero-order chi connectivity index (χ0) is 20.5. The van der Waals surface area contributed by atoms with Crippen molar-refractivity contribution < 1.29 is 9.59 Å². The maximum absolute atomic E-state index is 11.8. The van der Waals surface area contributed by atoms with Crippen molar-refractivity contribution in [2.45, 2.75) is 40.3 Å². The molecule has 0 spiro atoms. The molecule has 0 aromatic heterocycles. The molecule has 3 amide bonds. The summed E-state index contributed by atoms with van der Waals surface area (Å²) >= 11 is 0. The molecule has 1 heterocycles. The second-order valence-corrected chi connectivity index (χ2v) is 7.11. The average molecular weight is 389 g/mol. The number of rotatable bonds is 5. The lowest BCUT2D eigenvalue weighted by Crippen LogP contribution is -2.53. The van der Waals surface area contributed by atoms with E-state index in [0.29, 0.717) is 6.54 Å². The number of urea groups is 1. The number of nitrogens with zero attached hydrogens (tertiary/aromatic N) is 3. The van der Waals surface area contributed by atoms with Crippen molar-refractivity contribution in [3.05, 3.63) is 29.8 Å². The van der Waals surface area contributed by atoms with E-state index in [9.17, 15) is 9.59 Å². The predicted octanol–water partition coefficient (Wildman–Crippen LogP) is 1.85. The Balaban J connectivity index is 1.93. The molecule has 1 aliphatic heterocycles. The van der Waals surface area contributed by atoms with Crippen molar-refractivity contribution in [3.8, 4) is 0 Å². The van der Waals surface area contributed by atoms with Gasteiger partial charge in [0.2, 0.25) is 5.91 Å². The lowest BCUT2D eigenvalue weighted by atomic mass is 10.2. The number of guanidine groups is 1. The highest BCUT2D eigenvalue weighted by Crippen LogP contribution is 2.11. The number of carbonyl (C=O) groups excluding carboxylic acids is 2. The Morgan fingerprint density at radius 2 is 1.68 bits per heavy atom. The van der Waals surface area contributed by atoms with Crippen molar-refractivity contribution in [2.75, 3.05) is 38.0 Å². The van der Waals surface area contributed by atoms with Gasteiger partial charge < -0.3 is 25.8 Å². The minimum atomic E-state index is -0.208. The van der Waals surface area contributed by atoms with Crippen LogP contribution in [-0.2, 0) is 11.3 Å². The molecule has 0 aliphatic carbocycles. The van der Waals surface area contributed by atoms with Crippen molar-refractivity contribution in [3.63, 3.8) is 0 Å². The van der Waals surface area contributed by atoms with Gasteiger partial charge >= 0.3 is 6.03 Å². The first-order valence-corrected chi connectivity index (χ1v) is 9.84. The third kappa shape index (κ3) is 6.75. The second-order valence-electron chi connectivity index (χ2n) is 7.11. The molecular weight excluding hydrogens is 356 g/mol. The van der Waals surface area contributed by atoms with Gasteiger partial charge in [0, 0.05) is 51.4 Å². The van der Waals surface area contributed by atoms with E-state index in [0.717, 1.165) is 49.9 Å². The van der Waals surface area contributed by atoms with Crippen LogP contribution in [0.2, 0.25) is 0 Å². The molecule has 2 rings (SSSR count). The largest absolute Gasteiger partial charge is 0.357 e. The van der Waals surface area contributed by atoms with Crippen LogP contribution in [0, 0.1) is 0 Å². The summed E-state index contributed by atoms with van der Waals surface area (Å²) in [7, 11) is 0. The summed E-state index contributed by atoms with van der Waals surface area (Å²) in [5, 5.41) is 8.94. The molecule has 1 aromatic carbocycles. The van der Waals surface area contributed by atoms with Crippen molar-refractivity contribution in [1.82, 2.24) is 20.4 Å². The number of carbonyl (C=O) groups is 2. The van der Waals surface area contributed by atoms with E-state index < -0.39 is 0 Å². The third-order valence-corrected chi connectivity index (χ3v) is 4.40. The van der Waals surface area contributed by atoms with Crippen LogP contribution in [0.25, 0.3) is 0 Å². The van der Waals surface area contributed by atoms with Gasteiger partial charge in [-0.1, -0.05) is 12.1 Å². The average Bonchev–Trinajstić information content (AvgIpc) is 2.65. The smallest absolute Gasteiger partial charge is 0.319 e. The fourth-order valence-corrected chi connectivity index (χ4v) is 2.95. The second kappa shape index (κ2) is 10.5. The number of benzene rings is 1. The van der Waals surface area contributed by atoms with Gasteiger partial charge in [0.1, 0.15) is 0 Å². The SMILES string of the molecule is CCNC(=NCc1ccc(NC(=O)NC(C)C)cc1)N1CCN(C(C)=O)CC1. The Labute approximate surface area is 167 Å². The van der Waals surface area contributed by atoms with E-state index in [2.05, 4.69) is 20.9 Å². The molecule has 0 bridgehead atoms. The van der Waals surface area contributed by atoms with Crippen molar-refractivity contribution in [1.29, 1.82) is 0 Å². The number of piperazine rings is 1. The number of amides is 3. The molecule has 1 saturated heterocycles. The minimum Gasteiger partial charge on any atom is -0.357 e. The summed E-state index contributed by atoms with van der Waals surface area (Å²) in [6.45, 7) is 11.8. The highest BCUT2D eigenvalue weighted by atomic mass is 16.2. The van der Waals surface area contributed by atoms with E-state index in [1.165, 1.54) is 0 Å². The van der Waals surface area contributed by atoms with Crippen LogP contribution in [0.15, 0.2) is 29.3 Å². The van der Waals surface area contributed by atoms with E-state index in [1.54, 1.807) is 6.92 Å². The van der Waals surface area contributed by atoms with E-state index in [4.69, 9.17) is 4.99 Å². The number of nitrogens with one attached hydrogen (secondary N) is 3. The topological polar surface area (TPSA) is 89.1 Å². The lowest BCUT2D eigenvalue weighted by molar-refractivity contribution is -0.130. The quantitative estimate of drug-likeness (QED) is 0.530. The molecule has 8 heteroatoms. The number of aliphatic imine (C=N–C) groups is 1. The van der Waals surface area contributed by atoms with Gasteiger partial charge in [-0.25, -0.2) is 9.79 Å². The summed E-state index contributed by atoms with van der Waals surface area (Å²) in [4.78, 5) is 32.0. The van der Waals surface area contributed by atoms with Crippen LogP contribution in [0.1, 0.15) is 33.3 Å². The zero-order valence-electron chi connectivity index (χ0n) is 17.3. The Bertz CT molecular complexity index is 678. The van der Waals surface area contributed by atoms with Gasteiger partial charge in [0.05, 0.1) is 6.54 Å². The number of anilines is 1. The normalized spacial score (nSPS) is 14.8. The maximum Gasteiger partial charge on any atom is 0.319 e. The summed E-state index contributed by atoms with van der Waals surface area (Å²) < 4.78 is 0. The van der Waals surface area contributed by atoms with E-state index in [1.807, 2.05) is 49.9 Å². The van der Waals surface area contributed by atoms with Crippen LogP contribution in [0.5, 0.6) is 0 Å². The monoisotopic (exact) mass is 388 g/mol. The molecule has 8 nitrogen and oxygen atoms in total. The first-order valence-electron chi connectivity index (χ1n) is 9.84. The predicted molar refractivity (Wildman–Crippen MR) is 112 cm³/mol. The third-order valence-electron chi connectivity index (χ3n) is 4.40. The Morgan fingerprint density at radius 3 is 2.21 bits per heavy atom. The number of hydrogen-bond acceptors (Lipinski definition) is 3. The first kappa shape index (κ1) is 21.5. The van der Waals surface area contributed by atoms with Crippen molar-refractivity contribution in [2.24, 2.45) is 4.99 Å². The van der Waals surface area contributed by atoms with Gasteiger partial charge in [-0.15, -0.1) is 0 Å². The zero-order valence-corrected chi connectivity index (χ0v) is 17.3. The molecule has 0 atom stereocenters. The molecular formula is C20H32N6O2. The minimum absolute atomic E-state index is 0.0930. The van der Waals surface area contributed by atoms with Crippen LogP contribution in [0.3, 0.4) is 0 Å². The maximum atomic E-state index is 11.8. The van der Waals surface area contributed by atoms with Gasteiger partial charge in [0.15, 0.2) is 5.96 Å². The number of hydrogen-bond donors (Lipinski definition) is 3. The Kier molecular flexibility index (Phi) is 8.10. The summed E-state index contributed by atoms with van der Waals surface area (Å²) in [5.41, 5.74) is 1.81. The van der Waals surface area contributed by atoms with Crippen LogP contribution >= 0.6 is 0 Å². The van der Waals surface area contributed by atoms with E-state index >= 15 is 0 Å². The van der Waals surface area contributed by atoms with E-state index in [-0.39, 0.29) is 18.0 Å². The van der Waals surface area contributed by atoms with Gasteiger partial charge in [0.25, 0.3) is 0 Å². The molecule has 1 fully saturated rings. The van der Waals surface area contributed by atoms with Gasteiger partial charge in [-0.3, -0.25) is 4.79 Å². The molecule has 1 aliphatic rings. The van der Waals surface area contributed by atoms with Crippen LogP contribution in [0.4, 0.5) is 10.5 Å². The first-order chi connectivity index (χ1) is 13.4. The van der Waals surface area contributed by atoms with Gasteiger partial charge in [-0.05, 0) is 38.5 Å². The fourth-order valence-electron chi connectivity index (χ4n) is 2.95. The summed E-state index contributed by atoms with van der Waals surface area (Å²) in [6.07, 6.45) is 0. The molecule has 3 N–H and O–H groups in total. The Hall–Kier alpha value is -2.77. The summed E-state index contributed by atoms with van der Waals surface area (Å²) in [5.74, 6) is 0.988.